The van der Waals surface area contributed by atoms with Crippen molar-refractivity contribution in [1.82, 2.24) is 30.0 Å². The summed E-state index contributed by atoms with van der Waals surface area (Å²) in [5.74, 6) is 2.84. The number of rotatable bonds is 10. The van der Waals surface area contributed by atoms with Crippen LogP contribution in [0.3, 0.4) is 0 Å². The molecule has 164 valence electrons. The lowest BCUT2D eigenvalue weighted by atomic mass is 10.0. The highest BCUT2D eigenvalue weighted by atomic mass is 16.5. The smallest absolute Gasteiger partial charge is 0.168 e. The average Bonchev–Trinajstić information content (AvgIpc) is 3.21. The van der Waals surface area contributed by atoms with Gasteiger partial charge in [0.05, 0.1) is 20.3 Å². The second-order valence-corrected chi connectivity index (χ2v) is 8.01. The van der Waals surface area contributed by atoms with E-state index in [1.165, 1.54) is 0 Å². The van der Waals surface area contributed by atoms with Crippen LogP contribution >= 0.6 is 0 Å². The molecular weight excluding hydrogens is 380 g/mol. The predicted molar refractivity (Wildman–Crippen MR) is 117 cm³/mol. The Kier molecular flexibility index (Phi) is 7.81. The molecule has 2 aromatic rings. The molecule has 1 saturated heterocycles. The van der Waals surface area contributed by atoms with E-state index in [0.717, 1.165) is 68.6 Å². The standard InChI is InChI=1S/C22H34N6O2/c1-6-10-26-12-14-27(15-13-26)21(17(2)3)22-23-24-25-28(22)11-9-18-7-8-19(29-4)20(16-18)30-5/h6-8,16-17,21H,1,9-15H2,2-5H3. The predicted octanol–water partition coefficient (Wildman–Crippen LogP) is 2.43. The van der Waals surface area contributed by atoms with Crippen molar-refractivity contribution in [2.24, 2.45) is 5.92 Å². The van der Waals surface area contributed by atoms with Gasteiger partial charge in [-0.3, -0.25) is 9.80 Å². The number of hydrogen-bond donors (Lipinski definition) is 0. The topological polar surface area (TPSA) is 68.5 Å². The Morgan fingerprint density at radius 2 is 1.83 bits per heavy atom. The molecule has 1 unspecified atom stereocenters. The van der Waals surface area contributed by atoms with E-state index in [1.54, 1.807) is 14.2 Å². The lowest BCUT2D eigenvalue weighted by Gasteiger charge is -2.40. The van der Waals surface area contributed by atoms with Crippen LogP contribution in [-0.4, -0.2) is 77.0 Å². The van der Waals surface area contributed by atoms with Crippen LogP contribution in [0.5, 0.6) is 11.5 Å². The minimum atomic E-state index is 0.205. The van der Waals surface area contributed by atoms with E-state index in [2.05, 4.69) is 51.8 Å². The zero-order valence-corrected chi connectivity index (χ0v) is 18.6. The second kappa shape index (κ2) is 10.5. The number of piperazine rings is 1. The molecule has 8 heteroatoms. The molecule has 0 radical (unpaired) electrons. The summed E-state index contributed by atoms with van der Waals surface area (Å²) in [5, 5.41) is 12.7. The summed E-state index contributed by atoms with van der Waals surface area (Å²) in [6.45, 7) is 14.1. The van der Waals surface area contributed by atoms with Gasteiger partial charge in [0, 0.05) is 39.3 Å². The van der Waals surface area contributed by atoms with E-state index in [0.29, 0.717) is 5.92 Å². The van der Waals surface area contributed by atoms with Crippen molar-refractivity contribution in [3.8, 4) is 11.5 Å². The molecule has 1 aromatic carbocycles. The monoisotopic (exact) mass is 414 g/mol. The largest absolute Gasteiger partial charge is 0.493 e. The highest BCUT2D eigenvalue weighted by molar-refractivity contribution is 5.42. The first-order chi connectivity index (χ1) is 14.6. The summed E-state index contributed by atoms with van der Waals surface area (Å²) < 4.78 is 12.7. The number of benzene rings is 1. The molecule has 3 rings (SSSR count). The molecule has 30 heavy (non-hydrogen) atoms. The van der Waals surface area contributed by atoms with Crippen LogP contribution in [0, 0.1) is 5.92 Å². The van der Waals surface area contributed by atoms with Crippen molar-refractivity contribution < 1.29 is 9.47 Å². The number of aryl methyl sites for hydroxylation is 2. The molecule has 0 spiro atoms. The van der Waals surface area contributed by atoms with Crippen LogP contribution in [-0.2, 0) is 13.0 Å². The zero-order chi connectivity index (χ0) is 21.5. The van der Waals surface area contributed by atoms with Gasteiger partial charge in [0.2, 0.25) is 0 Å². The summed E-state index contributed by atoms with van der Waals surface area (Å²) in [7, 11) is 3.30. The Morgan fingerprint density at radius 3 is 2.47 bits per heavy atom. The third kappa shape index (κ3) is 5.17. The van der Waals surface area contributed by atoms with Crippen molar-refractivity contribution in [1.29, 1.82) is 0 Å². The third-order valence-electron chi connectivity index (χ3n) is 5.70. The zero-order valence-electron chi connectivity index (χ0n) is 18.6. The normalized spacial score (nSPS) is 16.6. The van der Waals surface area contributed by atoms with Crippen LogP contribution in [0.4, 0.5) is 0 Å². The van der Waals surface area contributed by atoms with Crippen LogP contribution < -0.4 is 9.47 Å². The molecule has 1 aromatic heterocycles. The lowest BCUT2D eigenvalue weighted by Crippen LogP contribution is -2.49. The van der Waals surface area contributed by atoms with E-state index < -0.39 is 0 Å². The lowest BCUT2D eigenvalue weighted by molar-refractivity contribution is 0.0748. The number of methoxy groups -OCH3 is 2. The fourth-order valence-electron chi connectivity index (χ4n) is 4.14. The molecule has 1 fully saturated rings. The molecule has 1 aliphatic heterocycles. The maximum absolute atomic E-state index is 5.42. The molecule has 8 nitrogen and oxygen atoms in total. The van der Waals surface area contributed by atoms with Crippen LogP contribution in [0.15, 0.2) is 30.9 Å². The van der Waals surface area contributed by atoms with Crippen molar-refractivity contribution in [3.05, 3.63) is 42.2 Å². The first-order valence-corrected chi connectivity index (χ1v) is 10.6. The number of tetrazole rings is 1. The molecule has 2 heterocycles. The molecule has 1 atom stereocenters. The number of ether oxygens (including phenoxy) is 2. The molecule has 1 aliphatic rings. The van der Waals surface area contributed by atoms with Crippen molar-refractivity contribution >= 4 is 0 Å². The van der Waals surface area contributed by atoms with Gasteiger partial charge in [0.15, 0.2) is 17.3 Å². The molecule has 0 bridgehead atoms. The maximum atomic E-state index is 5.42. The van der Waals surface area contributed by atoms with Crippen molar-refractivity contribution in [2.75, 3.05) is 46.9 Å². The number of hydrogen-bond acceptors (Lipinski definition) is 7. The first-order valence-electron chi connectivity index (χ1n) is 10.6. The summed E-state index contributed by atoms with van der Waals surface area (Å²) in [6, 6.07) is 6.22. The van der Waals surface area contributed by atoms with Gasteiger partial charge >= 0.3 is 0 Å². The first kappa shape index (κ1) is 22.2. The summed E-state index contributed by atoms with van der Waals surface area (Å²) in [5.41, 5.74) is 1.16. The quantitative estimate of drug-likeness (QED) is 0.553. The van der Waals surface area contributed by atoms with E-state index in [1.807, 2.05) is 22.9 Å². The van der Waals surface area contributed by atoms with Crippen LogP contribution in [0.1, 0.15) is 31.3 Å². The number of nitrogens with zero attached hydrogens (tertiary/aromatic N) is 6. The van der Waals surface area contributed by atoms with E-state index in [4.69, 9.17) is 9.47 Å². The highest BCUT2D eigenvalue weighted by Crippen LogP contribution is 2.29. The molecule has 0 N–H and O–H groups in total. The minimum Gasteiger partial charge on any atom is -0.493 e. The molecule has 0 aliphatic carbocycles. The van der Waals surface area contributed by atoms with Gasteiger partial charge < -0.3 is 9.47 Å². The van der Waals surface area contributed by atoms with Crippen molar-refractivity contribution in [3.63, 3.8) is 0 Å². The van der Waals surface area contributed by atoms with E-state index in [9.17, 15) is 0 Å². The van der Waals surface area contributed by atoms with Crippen molar-refractivity contribution in [2.45, 2.75) is 32.9 Å². The van der Waals surface area contributed by atoms with E-state index in [-0.39, 0.29) is 6.04 Å². The summed E-state index contributed by atoms with van der Waals surface area (Å²) in [4.78, 5) is 4.95. The Morgan fingerprint density at radius 1 is 1.10 bits per heavy atom. The molecular formula is C22H34N6O2. The summed E-state index contributed by atoms with van der Waals surface area (Å²) in [6.07, 6.45) is 2.79. The van der Waals surface area contributed by atoms with Crippen LogP contribution in [0.2, 0.25) is 0 Å². The van der Waals surface area contributed by atoms with Gasteiger partial charge in [-0.2, -0.15) is 0 Å². The van der Waals surface area contributed by atoms with Gasteiger partial charge in [-0.05, 0) is 40.5 Å². The van der Waals surface area contributed by atoms with Gasteiger partial charge in [-0.1, -0.05) is 26.0 Å². The SMILES string of the molecule is C=CCN1CCN(C(c2nnnn2CCc2ccc(OC)c(OC)c2)C(C)C)CC1. The second-order valence-electron chi connectivity index (χ2n) is 8.01. The Labute approximate surface area is 179 Å². The Balaban J connectivity index is 1.70. The number of aromatic nitrogens is 4. The fraction of sp³-hybridized carbons (Fsp3) is 0.591. The average molecular weight is 415 g/mol. The van der Waals surface area contributed by atoms with Gasteiger partial charge in [-0.25, -0.2) is 4.68 Å². The third-order valence-corrected chi connectivity index (χ3v) is 5.70. The maximum Gasteiger partial charge on any atom is 0.168 e. The Hall–Kier alpha value is -2.45. The Bertz CT molecular complexity index is 814. The van der Waals surface area contributed by atoms with Gasteiger partial charge in [-0.15, -0.1) is 11.7 Å². The highest BCUT2D eigenvalue weighted by Gasteiger charge is 2.31. The van der Waals surface area contributed by atoms with Crippen LogP contribution in [0.25, 0.3) is 0 Å². The molecule has 0 saturated carbocycles. The minimum absolute atomic E-state index is 0.205. The molecule has 0 amide bonds. The summed E-state index contributed by atoms with van der Waals surface area (Å²) >= 11 is 0. The van der Waals surface area contributed by atoms with Gasteiger partial charge in [0.25, 0.3) is 0 Å². The van der Waals surface area contributed by atoms with Gasteiger partial charge in [0.1, 0.15) is 0 Å². The fourth-order valence-corrected chi connectivity index (χ4v) is 4.14. The van der Waals surface area contributed by atoms with E-state index >= 15 is 0 Å².